The Kier molecular flexibility index (Phi) is 4.19. The largest absolute Gasteiger partial charge is 0.504 e. The average molecular weight is 223 g/mol. The van der Waals surface area contributed by atoms with Crippen molar-refractivity contribution >= 4 is 0 Å². The lowest BCUT2D eigenvalue weighted by molar-refractivity contribution is 0.312. The molecule has 0 aliphatic carbocycles. The Morgan fingerprint density at radius 2 is 2.06 bits per heavy atom. The number of benzene rings is 1. The summed E-state index contributed by atoms with van der Waals surface area (Å²) in [5.41, 5.74) is 6.35. The van der Waals surface area contributed by atoms with Crippen LogP contribution in [0.15, 0.2) is 18.2 Å². The average Bonchev–Trinajstić information content (AvgIpc) is 2.21. The highest BCUT2D eigenvalue weighted by atomic mass is 16.5. The summed E-state index contributed by atoms with van der Waals surface area (Å²) in [7, 11) is 0. The molecule has 0 spiro atoms. The van der Waals surface area contributed by atoms with Gasteiger partial charge in [-0.3, -0.25) is 0 Å². The lowest BCUT2D eigenvalue weighted by atomic mass is 9.81. The fraction of sp³-hybridized carbons (Fsp3) is 0.538. The Morgan fingerprint density at radius 3 is 2.62 bits per heavy atom. The smallest absolute Gasteiger partial charge is 0.161 e. The molecular formula is C13H21NO2. The van der Waals surface area contributed by atoms with Crippen molar-refractivity contribution in [2.45, 2.75) is 32.6 Å². The predicted molar refractivity (Wildman–Crippen MR) is 66.0 cm³/mol. The van der Waals surface area contributed by atoms with Gasteiger partial charge in [0.2, 0.25) is 0 Å². The zero-order valence-corrected chi connectivity index (χ0v) is 10.3. The molecule has 0 aliphatic rings. The molecule has 0 aliphatic heterocycles. The van der Waals surface area contributed by atoms with Crippen molar-refractivity contribution in [3.63, 3.8) is 0 Å². The van der Waals surface area contributed by atoms with Gasteiger partial charge < -0.3 is 15.6 Å². The summed E-state index contributed by atoms with van der Waals surface area (Å²) in [6, 6.07) is 5.60. The zero-order valence-electron chi connectivity index (χ0n) is 10.3. The molecule has 0 fully saturated rings. The van der Waals surface area contributed by atoms with Crippen LogP contribution in [0.5, 0.6) is 11.5 Å². The maximum Gasteiger partial charge on any atom is 0.161 e. The molecule has 0 amide bonds. The standard InChI is InChI=1S/C13H21NO2/c1-4-16-11-7-5-6-10(12(11)15)13(2,3)8-9-14/h5-7,15H,4,8-9,14H2,1-3H3. The molecule has 3 heteroatoms. The van der Waals surface area contributed by atoms with Crippen LogP contribution < -0.4 is 10.5 Å². The monoisotopic (exact) mass is 223 g/mol. The molecule has 0 atom stereocenters. The van der Waals surface area contributed by atoms with Crippen LogP contribution in [0.3, 0.4) is 0 Å². The molecule has 0 aromatic heterocycles. The van der Waals surface area contributed by atoms with Crippen LogP contribution >= 0.6 is 0 Å². The highest BCUT2D eigenvalue weighted by Gasteiger charge is 2.24. The maximum atomic E-state index is 10.1. The van der Waals surface area contributed by atoms with Gasteiger partial charge in [0.15, 0.2) is 11.5 Å². The van der Waals surface area contributed by atoms with E-state index in [1.165, 1.54) is 0 Å². The Hall–Kier alpha value is -1.22. The van der Waals surface area contributed by atoms with Gasteiger partial charge in [-0.15, -0.1) is 0 Å². The second-order valence-corrected chi connectivity index (χ2v) is 4.51. The van der Waals surface area contributed by atoms with Crippen LogP contribution in [0.1, 0.15) is 32.8 Å². The van der Waals surface area contributed by atoms with Crippen molar-refractivity contribution in [3.8, 4) is 11.5 Å². The third-order valence-corrected chi connectivity index (χ3v) is 2.80. The maximum absolute atomic E-state index is 10.1. The molecule has 0 unspecified atom stereocenters. The van der Waals surface area contributed by atoms with Crippen molar-refractivity contribution in [2.24, 2.45) is 5.73 Å². The number of ether oxygens (including phenoxy) is 1. The number of rotatable bonds is 5. The predicted octanol–water partition coefficient (Wildman–Crippen LogP) is 2.42. The van der Waals surface area contributed by atoms with E-state index in [0.29, 0.717) is 18.9 Å². The highest BCUT2D eigenvalue weighted by molar-refractivity contribution is 5.48. The second kappa shape index (κ2) is 5.21. The number of hydrogen-bond donors (Lipinski definition) is 2. The first-order valence-electron chi connectivity index (χ1n) is 5.68. The molecule has 1 aromatic rings. The molecule has 0 saturated carbocycles. The van der Waals surface area contributed by atoms with E-state index in [1.807, 2.05) is 19.1 Å². The topological polar surface area (TPSA) is 55.5 Å². The Labute approximate surface area is 97.2 Å². The SMILES string of the molecule is CCOc1cccc(C(C)(C)CCN)c1O. The van der Waals surface area contributed by atoms with Gasteiger partial charge in [0.1, 0.15) is 0 Å². The molecule has 90 valence electrons. The third-order valence-electron chi connectivity index (χ3n) is 2.80. The van der Waals surface area contributed by atoms with Crippen molar-refractivity contribution in [1.29, 1.82) is 0 Å². The Bertz CT molecular complexity index is 348. The molecular weight excluding hydrogens is 202 g/mol. The number of para-hydroxylation sites is 1. The summed E-state index contributed by atoms with van der Waals surface area (Å²) in [4.78, 5) is 0. The fourth-order valence-electron chi connectivity index (χ4n) is 1.84. The Balaban J connectivity index is 3.09. The third kappa shape index (κ3) is 2.67. The van der Waals surface area contributed by atoms with E-state index in [0.717, 1.165) is 12.0 Å². The molecule has 0 radical (unpaired) electrons. The normalized spacial score (nSPS) is 11.5. The summed E-state index contributed by atoms with van der Waals surface area (Å²) >= 11 is 0. The first-order chi connectivity index (χ1) is 7.53. The van der Waals surface area contributed by atoms with Crippen LogP contribution in [0.4, 0.5) is 0 Å². The molecule has 3 N–H and O–H groups in total. The molecule has 0 saturated heterocycles. The van der Waals surface area contributed by atoms with Crippen LogP contribution in [-0.4, -0.2) is 18.3 Å². The molecule has 0 bridgehead atoms. The van der Waals surface area contributed by atoms with E-state index in [-0.39, 0.29) is 11.2 Å². The number of phenols is 1. The van der Waals surface area contributed by atoms with E-state index in [2.05, 4.69) is 13.8 Å². The summed E-state index contributed by atoms with van der Waals surface area (Å²) in [6.45, 7) is 7.20. The first-order valence-corrected chi connectivity index (χ1v) is 5.68. The van der Waals surface area contributed by atoms with E-state index in [9.17, 15) is 5.11 Å². The molecule has 3 nitrogen and oxygen atoms in total. The Morgan fingerprint density at radius 1 is 1.38 bits per heavy atom. The zero-order chi connectivity index (χ0) is 12.2. The lowest BCUT2D eigenvalue weighted by Gasteiger charge is -2.26. The van der Waals surface area contributed by atoms with Crippen molar-refractivity contribution in [2.75, 3.05) is 13.2 Å². The minimum Gasteiger partial charge on any atom is -0.504 e. The van der Waals surface area contributed by atoms with Crippen molar-refractivity contribution in [1.82, 2.24) is 0 Å². The summed E-state index contributed by atoms with van der Waals surface area (Å²) in [5, 5.41) is 10.1. The van der Waals surface area contributed by atoms with Gasteiger partial charge in [-0.1, -0.05) is 26.0 Å². The van der Waals surface area contributed by atoms with E-state index < -0.39 is 0 Å². The van der Waals surface area contributed by atoms with Gasteiger partial charge in [0.05, 0.1) is 6.61 Å². The van der Waals surface area contributed by atoms with Gasteiger partial charge >= 0.3 is 0 Å². The number of phenolic OH excluding ortho intramolecular Hbond substituents is 1. The van der Waals surface area contributed by atoms with Crippen molar-refractivity contribution < 1.29 is 9.84 Å². The van der Waals surface area contributed by atoms with Gasteiger partial charge in [0.25, 0.3) is 0 Å². The fourth-order valence-corrected chi connectivity index (χ4v) is 1.84. The minimum atomic E-state index is -0.133. The molecule has 1 aromatic carbocycles. The number of aromatic hydroxyl groups is 1. The van der Waals surface area contributed by atoms with Crippen LogP contribution in [-0.2, 0) is 5.41 Å². The summed E-state index contributed by atoms with van der Waals surface area (Å²) < 4.78 is 5.37. The van der Waals surface area contributed by atoms with Crippen LogP contribution in [0.2, 0.25) is 0 Å². The van der Waals surface area contributed by atoms with Crippen LogP contribution in [0, 0.1) is 0 Å². The minimum absolute atomic E-state index is 0.133. The van der Waals surface area contributed by atoms with Crippen LogP contribution in [0.25, 0.3) is 0 Å². The molecule has 1 rings (SSSR count). The number of nitrogens with two attached hydrogens (primary N) is 1. The van der Waals surface area contributed by atoms with Gasteiger partial charge in [-0.05, 0) is 31.4 Å². The first kappa shape index (κ1) is 12.8. The van der Waals surface area contributed by atoms with Gasteiger partial charge in [0, 0.05) is 5.56 Å². The van der Waals surface area contributed by atoms with Crippen molar-refractivity contribution in [3.05, 3.63) is 23.8 Å². The lowest BCUT2D eigenvalue weighted by Crippen LogP contribution is -2.21. The summed E-state index contributed by atoms with van der Waals surface area (Å²) in [6.07, 6.45) is 0.830. The van der Waals surface area contributed by atoms with Gasteiger partial charge in [-0.25, -0.2) is 0 Å². The van der Waals surface area contributed by atoms with E-state index >= 15 is 0 Å². The van der Waals surface area contributed by atoms with E-state index in [1.54, 1.807) is 6.07 Å². The quantitative estimate of drug-likeness (QED) is 0.806. The molecule has 0 heterocycles. The number of hydrogen-bond acceptors (Lipinski definition) is 3. The van der Waals surface area contributed by atoms with Gasteiger partial charge in [-0.2, -0.15) is 0 Å². The molecule has 16 heavy (non-hydrogen) atoms. The summed E-state index contributed by atoms with van der Waals surface area (Å²) in [5.74, 6) is 0.785. The second-order valence-electron chi connectivity index (χ2n) is 4.51. The highest BCUT2D eigenvalue weighted by Crippen LogP contribution is 2.38. The van der Waals surface area contributed by atoms with E-state index in [4.69, 9.17) is 10.5 Å².